The number of carbonyl (C=O) groups is 1. The fourth-order valence-corrected chi connectivity index (χ4v) is 5.00. The number of aromatic nitrogens is 1. The van der Waals surface area contributed by atoms with Crippen molar-refractivity contribution in [2.24, 2.45) is 0 Å². The number of benzene rings is 4. The van der Waals surface area contributed by atoms with E-state index in [4.69, 9.17) is 9.47 Å². The third-order valence-electron chi connectivity index (χ3n) is 6.99. The maximum atomic E-state index is 13.5. The SMILES string of the molecule is COc1ccc([C@H](CC(=O)NCc2ccccc2)c2cn(Cc3ccc(F)cc3)c3ccccc23)cc1OC. The molecule has 198 valence electrons. The van der Waals surface area contributed by atoms with Gasteiger partial charge in [-0.05, 0) is 52.6 Å². The van der Waals surface area contributed by atoms with Crippen molar-refractivity contribution in [1.82, 2.24) is 9.88 Å². The van der Waals surface area contributed by atoms with Crippen molar-refractivity contribution in [2.75, 3.05) is 14.2 Å². The number of ether oxygens (including phenoxy) is 2. The monoisotopic (exact) mass is 522 g/mol. The van der Waals surface area contributed by atoms with E-state index in [1.54, 1.807) is 26.4 Å². The highest BCUT2D eigenvalue weighted by Gasteiger charge is 2.24. The van der Waals surface area contributed by atoms with Crippen LogP contribution >= 0.6 is 0 Å². The Morgan fingerprint density at radius 1 is 0.846 bits per heavy atom. The van der Waals surface area contributed by atoms with Crippen LogP contribution in [-0.4, -0.2) is 24.7 Å². The first kappa shape index (κ1) is 26.0. The first-order chi connectivity index (χ1) is 19.1. The number of hydrogen-bond donors (Lipinski definition) is 1. The minimum atomic E-state index is -0.258. The Morgan fingerprint density at radius 2 is 1.56 bits per heavy atom. The van der Waals surface area contributed by atoms with Crippen LogP contribution in [0.1, 0.15) is 34.6 Å². The van der Waals surface area contributed by atoms with Crippen LogP contribution < -0.4 is 14.8 Å². The van der Waals surface area contributed by atoms with Crippen LogP contribution in [0.4, 0.5) is 4.39 Å². The predicted octanol–water partition coefficient (Wildman–Crippen LogP) is 6.68. The first-order valence-corrected chi connectivity index (χ1v) is 12.9. The van der Waals surface area contributed by atoms with Gasteiger partial charge < -0.3 is 19.4 Å². The van der Waals surface area contributed by atoms with Crippen LogP contribution in [0.15, 0.2) is 103 Å². The number of rotatable bonds is 10. The van der Waals surface area contributed by atoms with Crippen LogP contribution in [0.3, 0.4) is 0 Å². The average molecular weight is 523 g/mol. The van der Waals surface area contributed by atoms with Gasteiger partial charge >= 0.3 is 0 Å². The summed E-state index contributed by atoms with van der Waals surface area (Å²) in [6.07, 6.45) is 2.37. The number of fused-ring (bicyclic) bond motifs is 1. The molecule has 0 saturated heterocycles. The van der Waals surface area contributed by atoms with Crippen molar-refractivity contribution in [2.45, 2.75) is 25.4 Å². The molecule has 0 radical (unpaired) electrons. The summed E-state index contributed by atoms with van der Waals surface area (Å²) in [4.78, 5) is 13.3. The number of methoxy groups -OCH3 is 2. The second-order valence-electron chi connectivity index (χ2n) is 9.49. The lowest BCUT2D eigenvalue weighted by Gasteiger charge is -2.19. The summed E-state index contributed by atoms with van der Waals surface area (Å²) in [5.41, 5.74) is 5.07. The van der Waals surface area contributed by atoms with Gasteiger partial charge in [-0.1, -0.05) is 66.7 Å². The number of amides is 1. The van der Waals surface area contributed by atoms with Crippen LogP contribution in [0.25, 0.3) is 10.9 Å². The maximum Gasteiger partial charge on any atom is 0.221 e. The molecule has 1 atom stereocenters. The fraction of sp³-hybridized carbons (Fsp3) is 0.182. The average Bonchev–Trinajstić information content (AvgIpc) is 3.34. The van der Waals surface area contributed by atoms with Crippen molar-refractivity contribution in [1.29, 1.82) is 0 Å². The lowest BCUT2D eigenvalue weighted by atomic mass is 9.87. The van der Waals surface area contributed by atoms with Gasteiger partial charge in [0.2, 0.25) is 5.91 Å². The molecule has 1 N–H and O–H groups in total. The van der Waals surface area contributed by atoms with E-state index in [0.29, 0.717) is 24.6 Å². The molecule has 4 aromatic carbocycles. The van der Waals surface area contributed by atoms with E-state index in [9.17, 15) is 9.18 Å². The van der Waals surface area contributed by atoms with Crippen LogP contribution in [0.5, 0.6) is 11.5 Å². The number of carbonyl (C=O) groups excluding carboxylic acids is 1. The molecule has 5 rings (SSSR count). The Bertz CT molecular complexity index is 1560. The van der Waals surface area contributed by atoms with Crippen molar-refractivity contribution in [3.63, 3.8) is 0 Å². The molecule has 1 aromatic heterocycles. The summed E-state index contributed by atoms with van der Waals surface area (Å²) < 4.78 is 26.7. The lowest BCUT2D eigenvalue weighted by Crippen LogP contribution is -2.25. The van der Waals surface area contributed by atoms with Crippen LogP contribution in [0, 0.1) is 5.82 Å². The second-order valence-corrected chi connectivity index (χ2v) is 9.49. The second kappa shape index (κ2) is 11.9. The van der Waals surface area contributed by atoms with Crippen molar-refractivity contribution in [3.05, 3.63) is 131 Å². The summed E-state index contributed by atoms with van der Waals surface area (Å²) >= 11 is 0. The van der Waals surface area contributed by atoms with Gasteiger partial charge in [0.05, 0.1) is 14.2 Å². The number of nitrogens with one attached hydrogen (secondary N) is 1. The molecular weight excluding hydrogens is 491 g/mol. The molecule has 0 saturated carbocycles. The quantitative estimate of drug-likeness (QED) is 0.223. The fourth-order valence-electron chi connectivity index (χ4n) is 5.00. The molecule has 0 unspecified atom stereocenters. The number of halogens is 1. The summed E-state index contributed by atoms with van der Waals surface area (Å²) in [6.45, 7) is 1.05. The van der Waals surface area contributed by atoms with E-state index in [-0.39, 0.29) is 24.1 Å². The topological polar surface area (TPSA) is 52.5 Å². The van der Waals surface area contributed by atoms with Gasteiger partial charge in [-0.2, -0.15) is 0 Å². The minimum Gasteiger partial charge on any atom is -0.493 e. The smallest absolute Gasteiger partial charge is 0.221 e. The molecule has 0 aliphatic rings. The zero-order chi connectivity index (χ0) is 27.2. The third kappa shape index (κ3) is 5.96. The Labute approximate surface area is 227 Å². The van der Waals surface area contributed by atoms with Crippen molar-refractivity contribution >= 4 is 16.8 Å². The first-order valence-electron chi connectivity index (χ1n) is 12.9. The van der Waals surface area contributed by atoms with Crippen molar-refractivity contribution < 1.29 is 18.7 Å². The van der Waals surface area contributed by atoms with E-state index in [0.717, 1.165) is 33.2 Å². The number of para-hydroxylation sites is 1. The molecule has 5 aromatic rings. The highest BCUT2D eigenvalue weighted by Crippen LogP contribution is 2.38. The van der Waals surface area contributed by atoms with Gasteiger partial charge in [0.25, 0.3) is 0 Å². The maximum absolute atomic E-state index is 13.5. The van der Waals surface area contributed by atoms with Gasteiger partial charge in [-0.25, -0.2) is 4.39 Å². The molecule has 1 amide bonds. The molecule has 1 heterocycles. The molecule has 0 aliphatic carbocycles. The van der Waals surface area contributed by atoms with Gasteiger partial charge in [0, 0.05) is 42.5 Å². The summed E-state index contributed by atoms with van der Waals surface area (Å²) in [5, 5.41) is 4.15. The normalized spacial score (nSPS) is 11.8. The van der Waals surface area contributed by atoms with Crippen LogP contribution in [-0.2, 0) is 17.9 Å². The highest BCUT2D eigenvalue weighted by atomic mass is 19.1. The summed E-state index contributed by atoms with van der Waals surface area (Å²) in [7, 11) is 3.22. The Kier molecular flexibility index (Phi) is 7.92. The lowest BCUT2D eigenvalue weighted by molar-refractivity contribution is -0.121. The molecular formula is C33H31FN2O3. The zero-order valence-electron chi connectivity index (χ0n) is 22.1. The van der Waals surface area contributed by atoms with E-state index in [1.807, 2.05) is 60.7 Å². The molecule has 0 fully saturated rings. The number of hydrogen-bond acceptors (Lipinski definition) is 3. The standard InChI is InChI=1S/C33H31FN2O3/c1-38-31-17-14-25(18-32(31)39-2)28(19-33(37)35-20-23-8-4-3-5-9-23)29-22-36(30-11-7-6-10-27(29)30)21-24-12-15-26(34)16-13-24/h3-18,22,28H,19-21H2,1-2H3,(H,35,37)/t28-/m0/s1. The van der Waals surface area contributed by atoms with Gasteiger partial charge in [-0.15, -0.1) is 0 Å². The van der Waals surface area contributed by atoms with Crippen molar-refractivity contribution in [3.8, 4) is 11.5 Å². The largest absolute Gasteiger partial charge is 0.493 e. The molecule has 5 nitrogen and oxygen atoms in total. The van der Waals surface area contributed by atoms with Gasteiger partial charge in [0.1, 0.15) is 5.82 Å². The van der Waals surface area contributed by atoms with E-state index in [2.05, 4.69) is 28.2 Å². The highest BCUT2D eigenvalue weighted by molar-refractivity contribution is 5.87. The van der Waals surface area contributed by atoms with E-state index < -0.39 is 0 Å². The summed E-state index contributed by atoms with van der Waals surface area (Å²) in [6, 6.07) is 30.4. The predicted molar refractivity (Wildman–Crippen MR) is 152 cm³/mol. The molecule has 39 heavy (non-hydrogen) atoms. The molecule has 0 bridgehead atoms. The third-order valence-corrected chi connectivity index (χ3v) is 6.99. The Balaban J connectivity index is 1.53. The van der Waals surface area contributed by atoms with Crippen LogP contribution in [0.2, 0.25) is 0 Å². The Hall–Kier alpha value is -4.58. The molecule has 6 heteroatoms. The van der Waals surface area contributed by atoms with Gasteiger partial charge in [-0.3, -0.25) is 4.79 Å². The molecule has 0 aliphatic heterocycles. The number of nitrogens with zero attached hydrogens (tertiary/aromatic N) is 1. The van der Waals surface area contributed by atoms with E-state index >= 15 is 0 Å². The minimum absolute atomic E-state index is 0.0472. The molecule has 0 spiro atoms. The summed E-state index contributed by atoms with van der Waals surface area (Å²) in [5.74, 6) is 0.702. The Morgan fingerprint density at radius 3 is 2.31 bits per heavy atom. The zero-order valence-corrected chi connectivity index (χ0v) is 22.1. The van der Waals surface area contributed by atoms with E-state index in [1.165, 1.54) is 12.1 Å². The van der Waals surface area contributed by atoms with Gasteiger partial charge in [0.15, 0.2) is 11.5 Å².